The first kappa shape index (κ1) is 22.9. The highest BCUT2D eigenvalue weighted by Gasteiger charge is 2.38. The summed E-state index contributed by atoms with van der Waals surface area (Å²) in [7, 11) is 0. The Morgan fingerprint density at radius 1 is 1.20 bits per heavy atom. The maximum absolute atomic E-state index is 11.8. The number of piperidine rings is 1. The van der Waals surface area contributed by atoms with Crippen LogP contribution in [0.25, 0.3) is 0 Å². The second kappa shape index (κ2) is 10.4. The zero-order chi connectivity index (χ0) is 22.1. The number of nitrogens with one attached hydrogen (secondary N) is 2. The van der Waals surface area contributed by atoms with E-state index in [9.17, 15) is 18.0 Å². The summed E-state index contributed by atoms with van der Waals surface area (Å²) < 4.78 is 31.7. The standard InChI is InChI=1S/C19H19N3O.C2HF3O2/c20-12-14-5-4-6-15(11-14)13-21-17-9-10-18(23)22-19(17)16-7-2-1-3-8-16;3-2(4,5)1(6)7/h1-8,11,17,19,21H,9-10,13H2,(H,22,23);(H,6,7)/t17-,19+;/m1./s1. The molecule has 3 N–H and O–H groups in total. The number of carboxylic acids is 1. The number of alkyl halides is 3. The van der Waals surface area contributed by atoms with Gasteiger partial charge in [0, 0.05) is 19.0 Å². The lowest BCUT2D eigenvalue weighted by molar-refractivity contribution is -0.192. The molecule has 1 aliphatic heterocycles. The molecular weight excluding hydrogens is 399 g/mol. The van der Waals surface area contributed by atoms with E-state index in [1.165, 1.54) is 0 Å². The molecule has 0 aliphatic carbocycles. The molecule has 2 aromatic rings. The molecule has 1 fully saturated rings. The second-order valence-electron chi connectivity index (χ2n) is 6.60. The average molecular weight is 419 g/mol. The van der Waals surface area contributed by atoms with Crippen molar-refractivity contribution in [2.45, 2.75) is 37.6 Å². The maximum atomic E-state index is 11.8. The fourth-order valence-corrected chi connectivity index (χ4v) is 3.00. The van der Waals surface area contributed by atoms with Crippen LogP contribution in [-0.2, 0) is 16.1 Å². The molecule has 2 atom stereocenters. The van der Waals surface area contributed by atoms with Gasteiger partial charge in [0.1, 0.15) is 0 Å². The number of amides is 1. The molecule has 1 saturated heterocycles. The van der Waals surface area contributed by atoms with Crippen LogP contribution in [0.3, 0.4) is 0 Å². The molecule has 9 heteroatoms. The lowest BCUT2D eigenvalue weighted by Gasteiger charge is -2.33. The Balaban J connectivity index is 0.000000396. The van der Waals surface area contributed by atoms with E-state index in [0.29, 0.717) is 18.5 Å². The van der Waals surface area contributed by atoms with Gasteiger partial charge in [0.25, 0.3) is 0 Å². The summed E-state index contributed by atoms with van der Waals surface area (Å²) >= 11 is 0. The van der Waals surface area contributed by atoms with Crippen LogP contribution in [-0.4, -0.2) is 29.2 Å². The van der Waals surface area contributed by atoms with Crippen LogP contribution >= 0.6 is 0 Å². The van der Waals surface area contributed by atoms with Gasteiger partial charge in [0.15, 0.2) is 0 Å². The van der Waals surface area contributed by atoms with Gasteiger partial charge in [-0.05, 0) is 29.7 Å². The van der Waals surface area contributed by atoms with E-state index in [2.05, 4.69) is 16.7 Å². The second-order valence-corrected chi connectivity index (χ2v) is 6.60. The molecule has 0 aromatic heterocycles. The van der Waals surface area contributed by atoms with E-state index in [1.807, 2.05) is 48.5 Å². The number of aliphatic carboxylic acids is 1. The number of hydrogen-bond acceptors (Lipinski definition) is 4. The first-order valence-electron chi connectivity index (χ1n) is 9.07. The Morgan fingerprint density at radius 2 is 1.87 bits per heavy atom. The van der Waals surface area contributed by atoms with Gasteiger partial charge in [-0.1, -0.05) is 42.5 Å². The Labute approximate surface area is 171 Å². The van der Waals surface area contributed by atoms with Gasteiger partial charge < -0.3 is 15.7 Å². The van der Waals surface area contributed by atoms with Crippen molar-refractivity contribution in [3.63, 3.8) is 0 Å². The van der Waals surface area contributed by atoms with Crippen molar-refractivity contribution in [2.75, 3.05) is 0 Å². The number of rotatable bonds is 4. The molecule has 0 bridgehead atoms. The molecule has 0 radical (unpaired) electrons. The molecular formula is C21H20F3N3O3. The largest absolute Gasteiger partial charge is 0.490 e. The number of carbonyl (C=O) groups is 2. The molecule has 2 aromatic carbocycles. The first-order valence-corrected chi connectivity index (χ1v) is 9.07. The van der Waals surface area contributed by atoms with Crippen molar-refractivity contribution < 1.29 is 27.9 Å². The van der Waals surface area contributed by atoms with Crippen LogP contribution in [0, 0.1) is 11.3 Å². The third-order valence-electron chi connectivity index (χ3n) is 4.43. The number of hydrogen-bond donors (Lipinski definition) is 3. The Hall–Kier alpha value is -3.38. The van der Waals surface area contributed by atoms with Crippen molar-refractivity contribution >= 4 is 11.9 Å². The van der Waals surface area contributed by atoms with Crippen molar-refractivity contribution in [1.29, 1.82) is 5.26 Å². The Kier molecular flexibility index (Phi) is 7.95. The lowest BCUT2D eigenvalue weighted by atomic mass is 9.92. The van der Waals surface area contributed by atoms with E-state index >= 15 is 0 Å². The van der Waals surface area contributed by atoms with Gasteiger partial charge >= 0.3 is 12.1 Å². The number of nitrogens with zero attached hydrogens (tertiary/aromatic N) is 1. The topological polar surface area (TPSA) is 102 Å². The van der Waals surface area contributed by atoms with Gasteiger partial charge in [-0.3, -0.25) is 4.79 Å². The number of carboxylic acid groups (broad SMARTS) is 1. The van der Waals surface area contributed by atoms with E-state index in [-0.39, 0.29) is 18.0 Å². The third kappa shape index (κ3) is 6.90. The highest BCUT2D eigenvalue weighted by atomic mass is 19.4. The smallest absolute Gasteiger partial charge is 0.475 e. The van der Waals surface area contributed by atoms with Gasteiger partial charge in [0.2, 0.25) is 5.91 Å². The highest BCUT2D eigenvalue weighted by Crippen LogP contribution is 2.24. The normalized spacial score (nSPS) is 18.4. The minimum atomic E-state index is -5.08. The van der Waals surface area contributed by atoms with Gasteiger partial charge in [0.05, 0.1) is 17.7 Å². The van der Waals surface area contributed by atoms with Gasteiger partial charge in [-0.15, -0.1) is 0 Å². The van der Waals surface area contributed by atoms with Crippen LogP contribution in [0.4, 0.5) is 13.2 Å². The summed E-state index contributed by atoms with van der Waals surface area (Å²) in [5.74, 6) is -2.66. The number of nitriles is 1. The van der Waals surface area contributed by atoms with Crippen LogP contribution in [0.15, 0.2) is 54.6 Å². The Bertz CT molecular complexity index is 911. The average Bonchev–Trinajstić information content (AvgIpc) is 2.73. The number of benzene rings is 2. The van der Waals surface area contributed by atoms with Gasteiger partial charge in [-0.25, -0.2) is 4.79 Å². The van der Waals surface area contributed by atoms with E-state index < -0.39 is 12.1 Å². The molecule has 30 heavy (non-hydrogen) atoms. The molecule has 3 rings (SSSR count). The minimum Gasteiger partial charge on any atom is -0.475 e. The molecule has 1 amide bonds. The van der Waals surface area contributed by atoms with Crippen molar-refractivity contribution in [3.05, 3.63) is 71.3 Å². The molecule has 1 heterocycles. The summed E-state index contributed by atoms with van der Waals surface area (Å²) in [6.45, 7) is 0.680. The predicted molar refractivity (Wildman–Crippen MR) is 102 cm³/mol. The summed E-state index contributed by atoms with van der Waals surface area (Å²) in [5.41, 5.74) is 2.86. The summed E-state index contributed by atoms with van der Waals surface area (Å²) in [6.07, 6.45) is -3.73. The van der Waals surface area contributed by atoms with E-state index in [4.69, 9.17) is 15.2 Å². The fourth-order valence-electron chi connectivity index (χ4n) is 3.00. The highest BCUT2D eigenvalue weighted by molar-refractivity contribution is 5.77. The quantitative estimate of drug-likeness (QED) is 0.706. The molecule has 0 saturated carbocycles. The summed E-state index contributed by atoms with van der Waals surface area (Å²) in [6, 6.07) is 20.0. The first-order chi connectivity index (χ1) is 14.2. The fraction of sp³-hybridized carbons (Fsp3) is 0.286. The lowest BCUT2D eigenvalue weighted by Crippen LogP contribution is -2.48. The predicted octanol–water partition coefficient (Wildman–Crippen LogP) is 3.30. The zero-order valence-electron chi connectivity index (χ0n) is 15.8. The number of halogens is 3. The van der Waals surface area contributed by atoms with Crippen molar-refractivity contribution in [3.8, 4) is 6.07 Å². The molecule has 1 aliphatic rings. The zero-order valence-corrected chi connectivity index (χ0v) is 15.8. The van der Waals surface area contributed by atoms with Crippen LogP contribution in [0.5, 0.6) is 0 Å². The SMILES string of the molecule is N#Cc1cccc(CN[C@@H]2CCC(=O)N[C@H]2c2ccccc2)c1.O=C(O)C(F)(F)F. The summed E-state index contributed by atoms with van der Waals surface area (Å²) in [4.78, 5) is 20.7. The van der Waals surface area contributed by atoms with Crippen LogP contribution in [0.2, 0.25) is 0 Å². The van der Waals surface area contributed by atoms with Crippen LogP contribution < -0.4 is 10.6 Å². The monoisotopic (exact) mass is 419 g/mol. The minimum absolute atomic E-state index is 0.0170. The van der Waals surface area contributed by atoms with Crippen molar-refractivity contribution in [1.82, 2.24) is 10.6 Å². The van der Waals surface area contributed by atoms with E-state index in [0.717, 1.165) is 17.5 Å². The maximum Gasteiger partial charge on any atom is 0.490 e. The number of carbonyl (C=O) groups excluding carboxylic acids is 1. The third-order valence-corrected chi connectivity index (χ3v) is 4.43. The Morgan fingerprint density at radius 3 is 2.47 bits per heavy atom. The molecule has 0 spiro atoms. The van der Waals surface area contributed by atoms with Gasteiger partial charge in [-0.2, -0.15) is 18.4 Å². The summed E-state index contributed by atoms with van der Waals surface area (Å²) in [5, 5.41) is 22.7. The van der Waals surface area contributed by atoms with Crippen LogP contribution in [0.1, 0.15) is 35.6 Å². The molecule has 158 valence electrons. The van der Waals surface area contributed by atoms with E-state index in [1.54, 1.807) is 6.07 Å². The van der Waals surface area contributed by atoms with Crippen molar-refractivity contribution in [2.24, 2.45) is 0 Å². The molecule has 0 unspecified atom stereocenters. The molecule has 6 nitrogen and oxygen atoms in total.